The molecule has 0 bridgehead atoms. The van der Waals surface area contributed by atoms with Crippen LogP contribution in [0.3, 0.4) is 0 Å². The van der Waals surface area contributed by atoms with Gasteiger partial charge in [-0.3, -0.25) is 4.90 Å². The summed E-state index contributed by atoms with van der Waals surface area (Å²) in [6.45, 7) is 5.09. The highest BCUT2D eigenvalue weighted by Gasteiger charge is 2.33. The zero-order valence-corrected chi connectivity index (χ0v) is 8.45. The van der Waals surface area contributed by atoms with E-state index in [-0.39, 0.29) is 0 Å². The molecule has 0 spiro atoms. The maximum Gasteiger partial charge on any atom is 0.0483 e. The fourth-order valence-corrected chi connectivity index (χ4v) is 2.46. The third kappa shape index (κ3) is 2.03. The molecule has 0 amide bonds. The molecule has 2 aliphatic heterocycles. The Morgan fingerprint density at radius 3 is 2.69 bits per heavy atom. The summed E-state index contributed by atoms with van der Waals surface area (Å²) in [5.41, 5.74) is 0. The van der Waals surface area contributed by atoms with Crippen LogP contribution in [0, 0.1) is 5.92 Å². The van der Waals surface area contributed by atoms with Crippen LogP contribution in [-0.2, 0) is 0 Å². The second kappa shape index (κ2) is 3.95. The predicted octanol–water partition coefficient (Wildman–Crippen LogP) is 0.00470. The van der Waals surface area contributed by atoms with E-state index in [9.17, 15) is 0 Å². The van der Waals surface area contributed by atoms with Crippen molar-refractivity contribution in [2.24, 2.45) is 5.92 Å². The van der Waals surface area contributed by atoms with Crippen molar-refractivity contribution in [2.45, 2.75) is 18.9 Å². The zero-order chi connectivity index (χ0) is 9.26. The summed E-state index contributed by atoms with van der Waals surface area (Å²) < 4.78 is 0. The number of likely N-dealkylation sites (N-methyl/N-ethyl adjacent to an activating group) is 1. The Kier molecular flexibility index (Phi) is 2.86. The van der Waals surface area contributed by atoms with Gasteiger partial charge in [-0.05, 0) is 26.4 Å². The van der Waals surface area contributed by atoms with Crippen molar-refractivity contribution in [2.75, 3.05) is 39.8 Å². The molecule has 0 radical (unpaired) electrons. The van der Waals surface area contributed by atoms with Gasteiger partial charge in [-0.25, -0.2) is 0 Å². The first kappa shape index (κ1) is 9.44. The summed E-state index contributed by atoms with van der Waals surface area (Å²) in [5, 5.41) is 8.92. The smallest absolute Gasteiger partial charge is 0.0483 e. The molecule has 0 aromatic carbocycles. The topological polar surface area (TPSA) is 26.7 Å². The Labute approximate surface area is 80.3 Å². The van der Waals surface area contributed by atoms with Crippen LogP contribution in [0.4, 0.5) is 0 Å². The average Bonchev–Trinajstić information content (AvgIpc) is 2.02. The number of aliphatic hydroxyl groups excluding tert-OH is 1. The van der Waals surface area contributed by atoms with E-state index in [1.807, 2.05) is 0 Å². The van der Waals surface area contributed by atoms with Gasteiger partial charge in [0.1, 0.15) is 0 Å². The summed E-state index contributed by atoms with van der Waals surface area (Å²) in [6.07, 6.45) is 2.68. The monoisotopic (exact) mass is 184 g/mol. The van der Waals surface area contributed by atoms with Crippen LogP contribution in [-0.4, -0.2) is 60.8 Å². The molecule has 1 N–H and O–H groups in total. The first-order valence-electron chi connectivity index (χ1n) is 5.33. The zero-order valence-electron chi connectivity index (χ0n) is 8.45. The molecule has 0 aliphatic carbocycles. The Balaban J connectivity index is 1.75. The minimum Gasteiger partial charge on any atom is -0.396 e. The molecule has 3 heteroatoms. The fourth-order valence-electron chi connectivity index (χ4n) is 2.46. The molecule has 2 rings (SSSR count). The van der Waals surface area contributed by atoms with Crippen LogP contribution in [0.15, 0.2) is 0 Å². The van der Waals surface area contributed by atoms with Gasteiger partial charge in [-0.1, -0.05) is 0 Å². The fraction of sp³-hybridized carbons (Fsp3) is 1.00. The van der Waals surface area contributed by atoms with Gasteiger partial charge in [0, 0.05) is 38.2 Å². The molecular weight excluding hydrogens is 164 g/mol. The molecule has 2 saturated heterocycles. The normalized spacial score (nSPS) is 33.2. The van der Waals surface area contributed by atoms with E-state index in [1.54, 1.807) is 0 Å². The van der Waals surface area contributed by atoms with Crippen molar-refractivity contribution >= 4 is 0 Å². The third-order valence-corrected chi connectivity index (χ3v) is 3.36. The lowest BCUT2D eigenvalue weighted by atomic mass is 9.95. The number of likely N-dealkylation sites (tertiary alicyclic amines) is 2. The predicted molar refractivity (Wildman–Crippen MR) is 52.7 cm³/mol. The van der Waals surface area contributed by atoms with Crippen LogP contribution in [0.5, 0.6) is 0 Å². The average molecular weight is 184 g/mol. The Morgan fingerprint density at radius 2 is 2.08 bits per heavy atom. The molecule has 13 heavy (non-hydrogen) atoms. The summed E-state index contributed by atoms with van der Waals surface area (Å²) in [6, 6.07) is 0.765. The second-order valence-electron chi connectivity index (χ2n) is 4.56. The van der Waals surface area contributed by atoms with Crippen molar-refractivity contribution in [3.05, 3.63) is 0 Å². The van der Waals surface area contributed by atoms with Crippen LogP contribution in [0.2, 0.25) is 0 Å². The summed E-state index contributed by atoms with van der Waals surface area (Å²) in [4.78, 5) is 4.94. The maximum atomic E-state index is 8.92. The van der Waals surface area contributed by atoms with Crippen molar-refractivity contribution in [3.8, 4) is 0 Å². The second-order valence-corrected chi connectivity index (χ2v) is 4.56. The van der Waals surface area contributed by atoms with E-state index in [4.69, 9.17) is 5.11 Å². The molecule has 0 aromatic heterocycles. The summed E-state index contributed by atoms with van der Waals surface area (Å²) in [5.74, 6) is 0.562. The lowest BCUT2D eigenvalue weighted by Gasteiger charge is -2.46. The Hall–Kier alpha value is -0.120. The molecule has 1 unspecified atom stereocenters. The molecule has 3 nitrogen and oxygen atoms in total. The molecule has 0 saturated carbocycles. The van der Waals surface area contributed by atoms with Gasteiger partial charge in [0.05, 0.1) is 0 Å². The lowest BCUT2D eigenvalue weighted by Crippen LogP contribution is -2.57. The number of piperidine rings is 1. The van der Waals surface area contributed by atoms with Crippen LogP contribution in [0.25, 0.3) is 0 Å². The van der Waals surface area contributed by atoms with Gasteiger partial charge < -0.3 is 10.0 Å². The molecule has 2 fully saturated rings. The largest absolute Gasteiger partial charge is 0.396 e. The van der Waals surface area contributed by atoms with Gasteiger partial charge in [-0.15, -0.1) is 0 Å². The minimum absolute atomic E-state index is 0.374. The standard InChI is InChI=1S/C10H20N2O/c1-11-4-2-3-10(7-11)12-5-9(6-12)8-13/h9-10,13H,2-8H2,1H3. The minimum atomic E-state index is 0.374. The van der Waals surface area contributed by atoms with Crippen molar-refractivity contribution in [1.29, 1.82) is 0 Å². The Bertz CT molecular complexity index is 168. The molecule has 2 aliphatic rings. The number of aliphatic hydroxyl groups is 1. The van der Waals surface area contributed by atoms with E-state index in [0.29, 0.717) is 12.5 Å². The highest BCUT2D eigenvalue weighted by Crippen LogP contribution is 2.23. The summed E-state index contributed by atoms with van der Waals surface area (Å²) in [7, 11) is 2.20. The molecule has 0 aromatic rings. The SMILES string of the molecule is CN1CCCC(N2CC(CO)C2)C1. The van der Waals surface area contributed by atoms with Gasteiger partial charge >= 0.3 is 0 Å². The van der Waals surface area contributed by atoms with E-state index < -0.39 is 0 Å². The molecular formula is C10H20N2O. The number of rotatable bonds is 2. The van der Waals surface area contributed by atoms with Crippen LogP contribution < -0.4 is 0 Å². The third-order valence-electron chi connectivity index (χ3n) is 3.36. The van der Waals surface area contributed by atoms with E-state index in [0.717, 1.165) is 19.1 Å². The Morgan fingerprint density at radius 1 is 1.31 bits per heavy atom. The number of hydrogen-bond donors (Lipinski definition) is 1. The quantitative estimate of drug-likeness (QED) is 0.654. The van der Waals surface area contributed by atoms with Gasteiger partial charge in [0.15, 0.2) is 0 Å². The van der Waals surface area contributed by atoms with E-state index in [2.05, 4.69) is 16.8 Å². The number of hydrogen-bond acceptors (Lipinski definition) is 3. The van der Waals surface area contributed by atoms with Crippen molar-refractivity contribution in [3.63, 3.8) is 0 Å². The van der Waals surface area contributed by atoms with E-state index in [1.165, 1.54) is 25.9 Å². The number of nitrogens with zero attached hydrogens (tertiary/aromatic N) is 2. The van der Waals surface area contributed by atoms with Gasteiger partial charge in [0.2, 0.25) is 0 Å². The molecule has 1 atom stereocenters. The van der Waals surface area contributed by atoms with Crippen molar-refractivity contribution < 1.29 is 5.11 Å². The molecule has 2 heterocycles. The lowest BCUT2D eigenvalue weighted by molar-refractivity contribution is -0.00408. The van der Waals surface area contributed by atoms with Crippen LogP contribution in [0.1, 0.15) is 12.8 Å². The van der Waals surface area contributed by atoms with Crippen molar-refractivity contribution in [1.82, 2.24) is 9.80 Å². The first-order valence-corrected chi connectivity index (χ1v) is 5.33. The first-order chi connectivity index (χ1) is 6.29. The van der Waals surface area contributed by atoms with Crippen LogP contribution >= 0.6 is 0 Å². The van der Waals surface area contributed by atoms with Gasteiger partial charge in [-0.2, -0.15) is 0 Å². The maximum absolute atomic E-state index is 8.92. The summed E-state index contributed by atoms with van der Waals surface area (Å²) >= 11 is 0. The highest BCUT2D eigenvalue weighted by atomic mass is 16.3. The highest BCUT2D eigenvalue weighted by molar-refractivity contribution is 4.88. The van der Waals surface area contributed by atoms with E-state index >= 15 is 0 Å². The van der Waals surface area contributed by atoms with Gasteiger partial charge in [0.25, 0.3) is 0 Å². The molecule has 76 valence electrons.